The first-order valence-electron chi connectivity index (χ1n) is 3.36. The molecule has 0 aromatic rings. The summed E-state index contributed by atoms with van der Waals surface area (Å²) in [6.45, 7) is 3.44. The number of hydrogen-bond acceptors (Lipinski definition) is 3. The molecule has 0 unspecified atom stereocenters. The third-order valence-corrected chi connectivity index (χ3v) is 2.14. The lowest BCUT2D eigenvalue weighted by Crippen LogP contribution is -2.44. The molecule has 0 bridgehead atoms. The van der Waals surface area contributed by atoms with E-state index in [1.807, 2.05) is 23.0 Å². The van der Waals surface area contributed by atoms with Gasteiger partial charge in [0.1, 0.15) is 23.0 Å². The smallest absolute Gasteiger partial charge is 0.109 e. The fourth-order valence-electron chi connectivity index (χ4n) is 0.986. The van der Waals surface area contributed by atoms with Crippen LogP contribution in [-0.4, -0.2) is 44.4 Å². The van der Waals surface area contributed by atoms with Crippen LogP contribution in [-0.2, 0) is 7.80 Å². The summed E-state index contributed by atoms with van der Waals surface area (Å²) in [5.74, 6) is 0. The minimum Gasteiger partial charge on any atom is -0.378 e. The van der Waals surface area contributed by atoms with Crippen molar-refractivity contribution in [3.8, 4) is 0 Å². The topological polar surface area (TPSA) is 21.7 Å². The summed E-state index contributed by atoms with van der Waals surface area (Å²) in [5, 5.41) is 0. The van der Waals surface area contributed by atoms with Gasteiger partial charge in [0, 0.05) is 6.54 Å². The van der Waals surface area contributed by atoms with Crippen molar-refractivity contribution in [3.63, 3.8) is 0 Å². The number of rotatable bonds is 2. The molecule has 0 N–H and O–H groups in total. The van der Waals surface area contributed by atoms with Gasteiger partial charge in [-0.3, -0.25) is 4.90 Å². The van der Waals surface area contributed by atoms with Crippen molar-refractivity contribution >= 4 is 23.0 Å². The van der Waals surface area contributed by atoms with E-state index >= 15 is 0 Å². The van der Waals surface area contributed by atoms with E-state index in [0.29, 0.717) is 6.04 Å². The van der Waals surface area contributed by atoms with Crippen molar-refractivity contribution in [2.75, 3.05) is 33.4 Å². The number of morpholine rings is 1. The van der Waals surface area contributed by atoms with Crippen LogP contribution in [0.1, 0.15) is 0 Å². The second-order valence-electron chi connectivity index (χ2n) is 2.49. The summed E-state index contributed by atoms with van der Waals surface area (Å²) in [7, 11) is 2.10. The van der Waals surface area contributed by atoms with Gasteiger partial charge in [0.15, 0.2) is 0 Å². The van der Waals surface area contributed by atoms with Crippen molar-refractivity contribution < 1.29 is 7.80 Å². The molecule has 0 aromatic carbocycles. The maximum atomic E-state index is 5.28. The van der Waals surface area contributed by atoms with Gasteiger partial charge in [0.25, 0.3) is 0 Å². The molecule has 0 radical (unpaired) electrons. The van der Waals surface area contributed by atoms with Crippen molar-refractivity contribution in [2.45, 2.75) is 6.04 Å². The van der Waals surface area contributed by atoms with E-state index in [2.05, 4.69) is 11.9 Å². The average molecular weight is 257 g/mol. The zero-order valence-electron chi connectivity index (χ0n) is 6.05. The second kappa shape index (κ2) is 4.48. The van der Waals surface area contributed by atoms with E-state index in [1.165, 1.54) is 0 Å². The average Bonchev–Trinajstić information content (AvgIpc) is 1.94. The predicted molar refractivity (Wildman–Crippen MR) is 47.2 cm³/mol. The molecule has 1 atom stereocenters. The van der Waals surface area contributed by atoms with Gasteiger partial charge in [-0.2, -0.15) is 0 Å². The van der Waals surface area contributed by atoms with Gasteiger partial charge >= 0.3 is 0 Å². The summed E-state index contributed by atoms with van der Waals surface area (Å²) >= 11 is 1.92. The molecule has 0 spiro atoms. The van der Waals surface area contributed by atoms with Gasteiger partial charge in [0.2, 0.25) is 0 Å². The Balaban J connectivity index is 2.25. The number of nitrogens with zero attached hydrogens (tertiary/aromatic N) is 1. The number of ether oxygens (including phenoxy) is 1. The van der Waals surface area contributed by atoms with E-state index in [4.69, 9.17) is 7.80 Å². The normalized spacial score (nSPS) is 28.8. The molecule has 1 rings (SSSR count). The van der Waals surface area contributed by atoms with Crippen LogP contribution in [0.15, 0.2) is 0 Å². The lowest BCUT2D eigenvalue weighted by Gasteiger charge is -2.31. The Morgan fingerprint density at radius 2 is 2.60 bits per heavy atom. The van der Waals surface area contributed by atoms with Crippen molar-refractivity contribution in [3.05, 3.63) is 0 Å². The third kappa shape index (κ3) is 2.34. The molecular formula is C6H12INO2. The first-order valence-corrected chi connectivity index (χ1v) is 4.24. The van der Waals surface area contributed by atoms with Gasteiger partial charge < -0.3 is 7.80 Å². The molecular weight excluding hydrogens is 245 g/mol. The molecule has 0 amide bonds. The van der Waals surface area contributed by atoms with Crippen LogP contribution in [0.2, 0.25) is 0 Å². The van der Waals surface area contributed by atoms with Gasteiger partial charge in [-0.25, -0.2) is 0 Å². The number of likely N-dealkylation sites (N-methyl/N-ethyl adjacent to an activating group) is 1. The molecule has 1 fully saturated rings. The molecule has 0 aromatic heterocycles. The molecule has 10 heavy (non-hydrogen) atoms. The Bertz CT molecular complexity index is 99.7. The zero-order chi connectivity index (χ0) is 7.40. The van der Waals surface area contributed by atoms with E-state index < -0.39 is 0 Å². The predicted octanol–water partition coefficient (Wildman–Crippen LogP) is 0.684. The summed E-state index contributed by atoms with van der Waals surface area (Å²) in [6, 6.07) is 0.450. The maximum absolute atomic E-state index is 5.28. The Labute approximate surface area is 75.4 Å². The van der Waals surface area contributed by atoms with Gasteiger partial charge in [0.05, 0.1) is 25.9 Å². The molecule has 0 aliphatic carbocycles. The van der Waals surface area contributed by atoms with Crippen LogP contribution in [0, 0.1) is 0 Å². The summed E-state index contributed by atoms with van der Waals surface area (Å²) in [4.78, 5) is 2.27. The molecule has 1 aliphatic rings. The van der Waals surface area contributed by atoms with Crippen LogP contribution in [0.25, 0.3) is 0 Å². The molecule has 0 saturated carbocycles. The lowest BCUT2D eigenvalue weighted by molar-refractivity contribution is -0.00548. The van der Waals surface area contributed by atoms with E-state index in [0.717, 1.165) is 26.4 Å². The molecule has 1 saturated heterocycles. The van der Waals surface area contributed by atoms with E-state index in [-0.39, 0.29) is 0 Å². The molecule has 4 heteroatoms. The monoisotopic (exact) mass is 257 g/mol. The minimum absolute atomic E-state index is 0.450. The Kier molecular flexibility index (Phi) is 3.90. The summed E-state index contributed by atoms with van der Waals surface area (Å²) in [5.41, 5.74) is 0. The number of halogens is 1. The highest BCUT2D eigenvalue weighted by atomic mass is 127. The summed E-state index contributed by atoms with van der Waals surface area (Å²) < 4.78 is 10.3. The van der Waals surface area contributed by atoms with Crippen LogP contribution >= 0.6 is 23.0 Å². The van der Waals surface area contributed by atoms with Crippen LogP contribution in [0.5, 0.6) is 0 Å². The zero-order valence-corrected chi connectivity index (χ0v) is 8.20. The minimum atomic E-state index is 0.450. The standard InChI is InChI=1S/C6H12INO2/c1-8-2-3-9-4-6(8)5-10-7/h6H,2-5H2,1H3/t6-/m0/s1. The van der Waals surface area contributed by atoms with Gasteiger partial charge in [-0.05, 0) is 7.05 Å². The van der Waals surface area contributed by atoms with Gasteiger partial charge in [-0.1, -0.05) is 0 Å². The lowest BCUT2D eigenvalue weighted by atomic mass is 10.3. The third-order valence-electron chi connectivity index (χ3n) is 1.78. The van der Waals surface area contributed by atoms with E-state index in [9.17, 15) is 0 Å². The molecule has 60 valence electrons. The van der Waals surface area contributed by atoms with Crippen LogP contribution in [0.3, 0.4) is 0 Å². The summed E-state index contributed by atoms with van der Waals surface area (Å²) in [6.07, 6.45) is 0. The van der Waals surface area contributed by atoms with Crippen molar-refractivity contribution in [1.82, 2.24) is 4.90 Å². The molecule has 1 aliphatic heterocycles. The largest absolute Gasteiger partial charge is 0.378 e. The van der Waals surface area contributed by atoms with Crippen molar-refractivity contribution in [2.24, 2.45) is 0 Å². The SMILES string of the molecule is CN1CCOC[C@H]1COI. The highest BCUT2D eigenvalue weighted by Gasteiger charge is 2.18. The maximum Gasteiger partial charge on any atom is 0.109 e. The Morgan fingerprint density at radius 3 is 3.20 bits per heavy atom. The van der Waals surface area contributed by atoms with Crippen LogP contribution in [0.4, 0.5) is 0 Å². The highest BCUT2D eigenvalue weighted by Crippen LogP contribution is 2.05. The highest BCUT2D eigenvalue weighted by molar-refractivity contribution is 14.1. The first-order chi connectivity index (χ1) is 4.84. The van der Waals surface area contributed by atoms with Crippen LogP contribution < -0.4 is 0 Å². The first kappa shape index (κ1) is 8.70. The van der Waals surface area contributed by atoms with E-state index in [1.54, 1.807) is 0 Å². The quantitative estimate of drug-likeness (QED) is 0.679. The van der Waals surface area contributed by atoms with Gasteiger partial charge in [-0.15, -0.1) is 0 Å². The van der Waals surface area contributed by atoms with Crippen molar-refractivity contribution in [1.29, 1.82) is 0 Å². The fourth-order valence-corrected chi connectivity index (χ4v) is 1.40. The molecule has 1 heterocycles. The Hall–Kier alpha value is 0.610. The fraction of sp³-hybridized carbons (Fsp3) is 1.00. The molecule has 3 nitrogen and oxygen atoms in total. The second-order valence-corrected chi connectivity index (χ2v) is 3.11. The number of hydrogen-bond donors (Lipinski definition) is 0. The Morgan fingerprint density at radius 1 is 1.80 bits per heavy atom.